The maximum atomic E-state index is 11.2. The molecule has 1 N–H and O–H groups in total. The van der Waals surface area contributed by atoms with Crippen LogP contribution in [0.3, 0.4) is 0 Å². The highest BCUT2D eigenvalue weighted by atomic mass is 16.6. The fourth-order valence-electron chi connectivity index (χ4n) is 5.07. The van der Waals surface area contributed by atoms with Crippen LogP contribution in [0.2, 0.25) is 0 Å². The van der Waals surface area contributed by atoms with Crippen molar-refractivity contribution >= 4 is 5.97 Å². The van der Waals surface area contributed by atoms with E-state index in [1.54, 1.807) is 0 Å². The van der Waals surface area contributed by atoms with E-state index in [1.807, 2.05) is 6.92 Å². The Labute approximate surface area is 121 Å². The van der Waals surface area contributed by atoms with Gasteiger partial charge in [0.1, 0.15) is 6.61 Å². The summed E-state index contributed by atoms with van der Waals surface area (Å²) in [6.07, 6.45) is 8.49. The van der Waals surface area contributed by atoms with Gasteiger partial charge in [-0.1, -0.05) is 0 Å². The largest absolute Gasteiger partial charge is 0.464 e. The molecule has 4 heteroatoms. The van der Waals surface area contributed by atoms with Crippen molar-refractivity contribution in [1.82, 2.24) is 5.32 Å². The second-order valence-electron chi connectivity index (χ2n) is 6.98. The van der Waals surface area contributed by atoms with Crippen LogP contribution in [-0.4, -0.2) is 37.9 Å². The molecule has 0 spiro atoms. The molecule has 4 fully saturated rings. The molecular formula is C16H27NO3. The minimum Gasteiger partial charge on any atom is -0.464 e. The number of rotatable bonds is 7. The zero-order chi connectivity index (χ0) is 14.0. The lowest BCUT2D eigenvalue weighted by atomic mass is 9.53. The van der Waals surface area contributed by atoms with Crippen LogP contribution in [0, 0.1) is 17.8 Å². The first-order valence-corrected chi connectivity index (χ1v) is 8.17. The van der Waals surface area contributed by atoms with Gasteiger partial charge in [-0.3, -0.25) is 0 Å². The van der Waals surface area contributed by atoms with Crippen LogP contribution >= 0.6 is 0 Å². The molecule has 4 nitrogen and oxygen atoms in total. The van der Waals surface area contributed by atoms with Crippen molar-refractivity contribution in [3.05, 3.63) is 0 Å². The summed E-state index contributed by atoms with van der Waals surface area (Å²) in [5.74, 6) is 2.64. The zero-order valence-corrected chi connectivity index (χ0v) is 12.5. The second kappa shape index (κ2) is 6.02. The molecule has 0 radical (unpaired) electrons. The third-order valence-corrected chi connectivity index (χ3v) is 5.31. The van der Waals surface area contributed by atoms with Gasteiger partial charge >= 0.3 is 5.97 Å². The maximum Gasteiger partial charge on any atom is 0.332 e. The fourth-order valence-corrected chi connectivity index (χ4v) is 5.07. The molecule has 0 saturated heterocycles. The molecule has 0 aromatic carbocycles. The normalized spacial score (nSPS) is 38.1. The number of carbonyl (C=O) groups excluding carboxylic acids is 1. The highest BCUT2D eigenvalue weighted by Crippen LogP contribution is 2.55. The van der Waals surface area contributed by atoms with Crippen LogP contribution in [0.5, 0.6) is 0 Å². The molecular weight excluding hydrogens is 254 g/mol. The van der Waals surface area contributed by atoms with E-state index in [0.29, 0.717) is 18.8 Å². The van der Waals surface area contributed by atoms with Crippen LogP contribution in [0.15, 0.2) is 0 Å². The Morgan fingerprint density at radius 3 is 2.30 bits per heavy atom. The van der Waals surface area contributed by atoms with E-state index in [4.69, 9.17) is 9.47 Å². The van der Waals surface area contributed by atoms with Crippen LogP contribution in [0.1, 0.15) is 45.4 Å². The zero-order valence-electron chi connectivity index (χ0n) is 12.5. The number of nitrogens with one attached hydrogen (secondary N) is 1. The van der Waals surface area contributed by atoms with Crippen molar-refractivity contribution in [3.63, 3.8) is 0 Å². The van der Waals surface area contributed by atoms with Crippen LogP contribution in [0.25, 0.3) is 0 Å². The van der Waals surface area contributed by atoms with Crippen molar-refractivity contribution < 1.29 is 14.3 Å². The Balaban J connectivity index is 1.37. The monoisotopic (exact) mass is 281 g/mol. The lowest BCUT2D eigenvalue weighted by molar-refractivity contribution is -0.148. The average molecular weight is 281 g/mol. The predicted molar refractivity (Wildman–Crippen MR) is 76.4 cm³/mol. The lowest BCUT2D eigenvalue weighted by Crippen LogP contribution is -2.58. The number of hydrogen-bond acceptors (Lipinski definition) is 4. The average Bonchev–Trinajstić information content (AvgIpc) is 2.36. The van der Waals surface area contributed by atoms with Crippen LogP contribution < -0.4 is 5.32 Å². The summed E-state index contributed by atoms with van der Waals surface area (Å²) in [6, 6.07) is 0. The summed E-state index contributed by atoms with van der Waals surface area (Å²) >= 11 is 0. The molecule has 4 rings (SSSR count). The van der Waals surface area contributed by atoms with E-state index in [2.05, 4.69) is 5.32 Å². The van der Waals surface area contributed by atoms with Gasteiger partial charge in [0.15, 0.2) is 0 Å². The number of hydrogen-bond donors (Lipinski definition) is 1. The summed E-state index contributed by atoms with van der Waals surface area (Å²) < 4.78 is 10.2. The summed E-state index contributed by atoms with van der Waals surface area (Å²) in [5, 5.41) is 3.76. The van der Waals surface area contributed by atoms with Crippen molar-refractivity contribution in [2.75, 3.05) is 26.4 Å². The Kier molecular flexibility index (Phi) is 4.32. The molecule has 4 bridgehead atoms. The minimum atomic E-state index is -0.262. The van der Waals surface area contributed by atoms with E-state index in [-0.39, 0.29) is 12.6 Å². The van der Waals surface area contributed by atoms with Gasteiger partial charge in [-0.25, -0.2) is 4.79 Å². The van der Waals surface area contributed by atoms with Gasteiger partial charge < -0.3 is 14.8 Å². The molecule has 0 atom stereocenters. The van der Waals surface area contributed by atoms with Crippen LogP contribution in [0.4, 0.5) is 0 Å². The van der Waals surface area contributed by atoms with Gasteiger partial charge in [-0.15, -0.1) is 0 Å². The summed E-state index contributed by atoms with van der Waals surface area (Å²) in [6.45, 7) is 3.77. The predicted octanol–water partition coefficient (Wildman–Crippen LogP) is 2.12. The maximum absolute atomic E-state index is 11.2. The van der Waals surface area contributed by atoms with Crippen molar-refractivity contribution in [1.29, 1.82) is 0 Å². The molecule has 0 aromatic rings. The van der Waals surface area contributed by atoms with Crippen molar-refractivity contribution in [2.24, 2.45) is 17.8 Å². The smallest absolute Gasteiger partial charge is 0.332 e. The molecule has 0 aliphatic heterocycles. The quantitative estimate of drug-likeness (QED) is 0.573. The summed E-state index contributed by atoms with van der Waals surface area (Å²) in [5.41, 5.74) is 0.391. The van der Waals surface area contributed by atoms with Crippen molar-refractivity contribution in [2.45, 2.75) is 51.0 Å². The Hall–Kier alpha value is -0.610. The molecule has 4 aliphatic carbocycles. The third kappa shape index (κ3) is 3.17. The number of carbonyl (C=O) groups is 1. The molecule has 0 amide bonds. The van der Waals surface area contributed by atoms with Gasteiger partial charge in [0.25, 0.3) is 0 Å². The van der Waals surface area contributed by atoms with E-state index in [9.17, 15) is 4.79 Å². The minimum absolute atomic E-state index is 0.0798. The summed E-state index contributed by atoms with van der Waals surface area (Å²) in [4.78, 5) is 11.2. The third-order valence-electron chi connectivity index (χ3n) is 5.31. The van der Waals surface area contributed by atoms with E-state index in [0.717, 1.165) is 24.3 Å². The number of esters is 1. The van der Waals surface area contributed by atoms with Crippen LogP contribution in [-0.2, 0) is 14.3 Å². The standard InChI is InChI=1S/C16H27NO3/c1-2-20-15(18)11-19-4-3-17-16-8-12-5-13(9-16)7-14(6-12)10-16/h12-14,17H,2-11H2,1H3. The molecule has 114 valence electrons. The Morgan fingerprint density at radius 1 is 1.15 bits per heavy atom. The fraction of sp³-hybridized carbons (Fsp3) is 0.938. The SMILES string of the molecule is CCOC(=O)COCCNC12CC3CC(CC(C3)C1)C2. The Morgan fingerprint density at radius 2 is 1.75 bits per heavy atom. The van der Waals surface area contributed by atoms with E-state index >= 15 is 0 Å². The second-order valence-corrected chi connectivity index (χ2v) is 6.98. The highest BCUT2D eigenvalue weighted by Gasteiger charge is 2.50. The summed E-state index contributed by atoms with van der Waals surface area (Å²) in [7, 11) is 0. The van der Waals surface area contributed by atoms with Gasteiger partial charge in [-0.05, 0) is 63.2 Å². The van der Waals surface area contributed by atoms with Crippen molar-refractivity contribution in [3.8, 4) is 0 Å². The van der Waals surface area contributed by atoms with E-state index < -0.39 is 0 Å². The molecule has 4 saturated carbocycles. The van der Waals surface area contributed by atoms with E-state index in [1.165, 1.54) is 38.5 Å². The first-order valence-electron chi connectivity index (χ1n) is 8.17. The highest BCUT2D eigenvalue weighted by molar-refractivity contribution is 5.70. The van der Waals surface area contributed by atoms with Gasteiger partial charge in [-0.2, -0.15) is 0 Å². The Bertz CT molecular complexity index is 320. The molecule has 20 heavy (non-hydrogen) atoms. The lowest BCUT2D eigenvalue weighted by Gasteiger charge is -2.57. The topological polar surface area (TPSA) is 47.6 Å². The van der Waals surface area contributed by atoms with Gasteiger partial charge in [0, 0.05) is 12.1 Å². The number of ether oxygens (including phenoxy) is 2. The molecule has 0 unspecified atom stereocenters. The molecule has 4 aliphatic rings. The first-order chi connectivity index (χ1) is 9.69. The van der Waals surface area contributed by atoms with Gasteiger partial charge in [0.2, 0.25) is 0 Å². The molecule has 0 aromatic heterocycles. The first kappa shape index (κ1) is 14.3. The van der Waals surface area contributed by atoms with Gasteiger partial charge in [0.05, 0.1) is 13.2 Å². The molecule has 0 heterocycles.